The lowest BCUT2D eigenvalue weighted by atomic mass is 10.3. The average molecular weight is 264 g/mol. The summed E-state index contributed by atoms with van der Waals surface area (Å²) in [6.07, 6.45) is 0. The average Bonchev–Trinajstić information content (AvgIpc) is 2.40. The van der Waals surface area contributed by atoms with Gasteiger partial charge in [0, 0.05) is 16.7 Å². The summed E-state index contributed by atoms with van der Waals surface area (Å²) in [5.74, 6) is 0.843. The van der Waals surface area contributed by atoms with Gasteiger partial charge in [-0.1, -0.05) is 6.07 Å². The van der Waals surface area contributed by atoms with Gasteiger partial charge in [0.2, 0.25) is 5.88 Å². The van der Waals surface area contributed by atoms with Crippen molar-refractivity contribution in [2.75, 3.05) is 12.8 Å². The highest BCUT2D eigenvalue weighted by Gasteiger charge is 2.03. The minimum Gasteiger partial charge on any atom is -0.481 e. The van der Waals surface area contributed by atoms with Crippen molar-refractivity contribution in [3.8, 4) is 5.88 Å². The summed E-state index contributed by atoms with van der Waals surface area (Å²) in [4.78, 5) is 5.11. The molecule has 1 heterocycles. The van der Waals surface area contributed by atoms with Crippen LogP contribution in [0.5, 0.6) is 5.88 Å². The molecule has 0 radical (unpaired) electrons. The molecule has 0 saturated carbocycles. The van der Waals surface area contributed by atoms with Crippen molar-refractivity contribution in [3.63, 3.8) is 0 Å². The number of hydrogen-bond donors (Lipinski definition) is 1. The molecule has 0 aliphatic rings. The molecule has 0 atom stereocenters. The van der Waals surface area contributed by atoms with Crippen LogP contribution in [0.4, 0.5) is 10.1 Å². The molecule has 0 saturated heterocycles. The molecular formula is C13H13FN2OS. The smallest absolute Gasteiger partial charge is 0.213 e. The van der Waals surface area contributed by atoms with E-state index in [-0.39, 0.29) is 5.69 Å². The number of thioether (sulfide) groups is 1. The highest BCUT2D eigenvalue weighted by molar-refractivity contribution is 7.98. The summed E-state index contributed by atoms with van der Waals surface area (Å²) >= 11 is 1.50. The van der Waals surface area contributed by atoms with E-state index in [0.29, 0.717) is 11.6 Å². The molecule has 2 rings (SSSR count). The van der Waals surface area contributed by atoms with Crippen LogP contribution < -0.4 is 10.5 Å². The number of nitrogens with zero attached hydrogens (tertiary/aromatic N) is 1. The first-order valence-corrected chi connectivity index (χ1v) is 6.35. The first-order chi connectivity index (χ1) is 8.69. The molecule has 1 aromatic carbocycles. The van der Waals surface area contributed by atoms with Gasteiger partial charge in [0.25, 0.3) is 0 Å². The van der Waals surface area contributed by atoms with Crippen LogP contribution in [0.25, 0.3) is 0 Å². The van der Waals surface area contributed by atoms with Gasteiger partial charge in [-0.25, -0.2) is 9.37 Å². The zero-order valence-electron chi connectivity index (χ0n) is 9.89. The van der Waals surface area contributed by atoms with E-state index in [0.717, 1.165) is 10.6 Å². The summed E-state index contributed by atoms with van der Waals surface area (Å²) in [6.45, 7) is 0. The lowest BCUT2D eigenvalue weighted by Crippen LogP contribution is -1.92. The molecule has 18 heavy (non-hydrogen) atoms. The third-order valence-corrected chi connectivity index (χ3v) is 3.38. The van der Waals surface area contributed by atoms with Crippen molar-refractivity contribution in [3.05, 3.63) is 47.9 Å². The van der Waals surface area contributed by atoms with Gasteiger partial charge >= 0.3 is 0 Å². The number of nitrogen functional groups attached to an aromatic ring is 1. The third kappa shape index (κ3) is 3.13. The number of nitrogens with two attached hydrogens (primary N) is 1. The summed E-state index contributed by atoms with van der Waals surface area (Å²) in [5, 5.41) is 0. The number of halogens is 1. The Labute approximate surface area is 109 Å². The van der Waals surface area contributed by atoms with Crippen molar-refractivity contribution >= 4 is 17.4 Å². The van der Waals surface area contributed by atoms with E-state index in [1.807, 2.05) is 12.1 Å². The second-order valence-corrected chi connectivity index (χ2v) is 4.69. The van der Waals surface area contributed by atoms with Crippen LogP contribution in [0, 0.1) is 5.82 Å². The molecular weight excluding hydrogens is 251 g/mol. The van der Waals surface area contributed by atoms with Crippen molar-refractivity contribution in [2.24, 2.45) is 0 Å². The fourth-order valence-corrected chi connectivity index (χ4v) is 2.23. The van der Waals surface area contributed by atoms with Crippen LogP contribution in [0.15, 0.2) is 41.3 Å². The SMILES string of the molecule is COc1cccc(CSc2ccc(N)c(F)c2)n1. The molecule has 0 amide bonds. The Balaban J connectivity index is 2.04. The number of pyridine rings is 1. The quantitative estimate of drug-likeness (QED) is 0.681. The first kappa shape index (κ1) is 12.7. The Morgan fingerprint density at radius 2 is 2.17 bits per heavy atom. The highest BCUT2D eigenvalue weighted by Crippen LogP contribution is 2.25. The maximum Gasteiger partial charge on any atom is 0.213 e. The Morgan fingerprint density at radius 1 is 1.33 bits per heavy atom. The van der Waals surface area contributed by atoms with Crippen LogP contribution in [0.1, 0.15) is 5.69 Å². The summed E-state index contributed by atoms with van der Waals surface area (Å²) in [7, 11) is 1.58. The number of rotatable bonds is 4. The number of aromatic nitrogens is 1. The predicted molar refractivity (Wildman–Crippen MR) is 71.2 cm³/mol. The first-order valence-electron chi connectivity index (χ1n) is 5.37. The molecule has 94 valence electrons. The zero-order valence-corrected chi connectivity index (χ0v) is 10.7. The van der Waals surface area contributed by atoms with Crippen LogP contribution in [0.3, 0.4) is 0 Å². The minimum atomic E-state index is -0.390. The lowest BCUT2D eigenvalue weighted by molar-refractivity contribution is 0.397. The van der Waals surface area contributed by atoms with Crippen molar-refractivity contribution in [1.82, 2.24) is 4.98 Å². The summed E-state index contributed by atoms with van der Waals surface area (Å²) in [5.41, 5.74) is 6.47. The largest absolute Gasteiger partial charge is 0.481 e. The molecule has 1 aromatic heterocycles. The maximum absolute atomic E-state index is 13.2. The summed E-state index contributed by atoms with van der Waals surface area (Å²) in [6, 6.07) is 10.4. The molecule has 2 aromatic rings. The second-order valence-electron chi connectivity index (χ2n) is 3.64. The number of ether oxygens (including phenoxy) is 1. The van der Waals surface area contributed by atoms with E-state index >= 15 is 0 Å². The van der Waals surface area contributed by atoms with Gasteiger partial charge in [-0.3, -0.25) is 0 Å². The molecule has 2 N–H and O–H groups in total. The molecule has 0 unspecified atom stereocenters. The molecule has 0 aliphatic carbocycles. The maximum atomic E-state index is 13.2. The molecule has 3 nitrogen and oxygen atoms in total. The van der Waals surface area contributed by atoms with Gasteiger partial charge in [0.15, 0.2) is 0 Å². The van der Waals surface area contributed by atoms with Crippen LogP contribution >= 0.6 is 11.8 Å². The van der Waals surface area contributed by atoms with Gasteiger partial charge in [-0.15, -0.1) is 11.8 Å². The number of hydrogen-bond acceptors (Lipinski definition) is 4. The normalized spacial score (nSPS) is 10.3. The van der Waals surface area contributed by atoms with Crippen LogP contribution in [-0.2, 0) is 5.75 Å². The Bertz CT molecular complexity index is 548. The van der Waals surface area contributed by atoms with Gasteiger partial charge < -0.3 is 10.5 Å². The van der Waals surface area contributed by atoms with Crippen LogP contribution in [-0.4, -0.2) is 12.1 Å². The standard InChI is InChI=1S/C13H13FN2OS/c1-17-13-4-2-3-9(16-13)8-18-10-5-6-12(15)11(14)7-10/h2-7H,8,15H2,1H3. The van der Waals surface area contributed by atoms with E-state index in [2.05, 4.69) is 4.98 Å². The topological polar surface area (TPSA) is 48.1 Å². The fourth-order valence-electron chi connectivity index (χ4n) is 1.41. The Kier molecular flexibility index (Phi) is 4.04. The van der Waals surface area contributed by atoms with Gasteiger partial charge in [0.05, 0.1) is 18.5 Å². The van der Waals surface area contributed by atoms with E-state index in [9.17, 15) is 4.39 Å². The van der Waals surface area contributed by atoms with Gasteiger partial charge in [-0.2, -0.15) is 0 Å². The lowest BCUT2D eigenvalue weighted by Gasteiger charge is -2.04. The van der Waals surface area contributed by atoms with Gasteiger partial charge in [-0.05, 0) is 24.3 Å². The fraction of sp³-hybridized carbons (Fsp3) is 0.154. The number of benzene rings is 1. The van der Waals surface area contributed by atoms with Gasteiger partial charge in [0.1, 0.15) is 5.82 Å². The molecule has 0 spiro atoms. The minimum absolute atomic E-state index is 0.166. The van der Waals surface area contributed by atoms with Crippen LogP contribution in [0.2, 0.25) is 0 Å². The highest BCUT2D eigenvalue weighted by atomic mass is 32.2. The van der Waals surface area contributed by atoms with E-state index < -0.39 is 5.82 Å². The molecule has 0 bridgehead atoms. The predicted octanol–water partition coefficient (Wildman–Crippen LogP) is 3.10. The van der Waals surface area contributed by atoms with Crippen molar-refractivity contribution < 1.29 is 9.13 Å². The second kappa shape index (κ2) is 5.73. The van der Waals surface area contributed by atoms with Crippen molar-refractivity contribution in [2.45, 2.75) is 10.6 Å². The van der Waals surface area contributed by atoms with E-state index in [4.69, 9.17) is 10.5 Å². The zero-order chi connectivity index (χ0) is 13.0. The Morgan fingerprint density at radius 3 is 2.89 bits per heavy atom. The van der Waals surface area contributed by atoms with E-state index in [1.54, 1.807) is 25.3 Å². The third-order valence-electron chi connectivity index (χ3n) is 2.35. The van der Waals surface area contributed by atoms with E-state index in [1.165, 1.54) is 17.8 Å². The molecule has 5 heteroatoms. The molecule has 0 aliphatic heterocycles. The molecule has 0 fully saturated rings. The number of methoxy groups -OCH3 is 1. The number of anilines is 1. The monoisotopic (exact) mass is 264 g/mol. The summed E-state index contributed by atoms with van der Waals surface area (Å²) < 4.78 is 18.3. The van der Waals surface area contributed by atoms with Crippen molar-refractivity contribution in [1.29, 1.82) is 0 Å². The Hall–Kier alpha value is -1.75.